The first-order valence-electron chi connectivity index (χ1n) is 27.2. The van der Waals surface area contributed by atoms with Crippen LogP contribution in [0.4, 0.5) is 0 Å². The highest BCUT2D eigenvalue weighted by molar-refractivity contribution is 5.70. The summed E-state index contributed by atoms with van der Waals surface area (Å²) in [4.78, 5) is 37.1. The fourth-order valence-corrected chi connectivity index (χ4v) is 8.02. The van der Waals surface area contributed by atoms with E-state index in [9.17, 15) is 19.5 Å². The number of esters is 2. The van der Waals surface area contributed by atoms with Gasteiger partial charge in [0.15, 0.2) is 6.10 Å². The summed E-state index contributed by atoms with van der Waals surface area (Å²) in [6.45, 7) is 4.58. The van der Waals surface area contributed by atoms with Crippen LogP contribution in [0, 0.1) is 0 Å². The number of nitrogens with zero attached hydrogens (tertiary/aromatic N) is 1. The molecule has 0 spiro atoms. The van der Waals surface area contributed by atoms with Crippen LogP contribution in [0.5, 0.6) is 0 Å². The molecule has 0 aliphatic heterocycles. The van der Waals surface area contributed by atoms with E-state index in [0.29, 0.717) is 12.8 Å². The molecular formula is C57H103NO7. The number of unbranched alkanes of at least 4 members (excludes halogenated alkanes) is 27. The van der Waals surface area contributed by atoms with Crippen molar-refractivity contribution in [3.8, 4) is 0 Å². The molecular weight excluding hydrogens is 811 g/mol. The van der Waals surface area contributed by atoms with Gasteiger partial charge in [0.1, 0.15) is 12.6 Å². The predicted octanol–water partition coefficient (Wildman–Crippen LogP) is 14.6. The highest BCUT2D eigenvalue weighted by atomic mass is 16.6. The number of likely N-dealkylation sites (N-methyl/N-ethyl adjacent to an activating group) is 1. The normalized spacial score (nSPS) is 13.2. The first kappa shape index (κ1) is 62.3. The summed E-state index contributed by atoms with van der Waals surface area (Å²) >= 11 is 0. The van der Waals surface area contributed by atoms with Crippen molar-refractivity contribution in [1.82, 2.24) is 0 Å². The number of aliphatic carboxylic acids is 1. The summed E-state index contributed by atoms with van der Waals surface area (Å²) in [5, 5.41) is 11.7. The second-order valence-electron chi connectivity index (χ2n) is 19.4. The molecule has 0 fully saturated rings. The van der Waals surface area contributed by atoms with Crippen LogP contribution in [0.2, 0.25) is 0 Å². The molecule has 2 unspecified atom stereocenters. The van der Waals surface area contributed by atoms with Gasteiger partial charge in [0, 0.05) is 19.3 Å². The maximum Gasteiger partial charge on any atom is 0.306 e. The van der Waals surface area contributed by atoms with Crippen LogP contribution in [0.1, 0.15) is 245 Å². The van der Waals surface area contributed by atoms with Gasteiger partial charge in [0.25, 0.3) is 0 Å². The number of allylic oxidation sites excluding steroid dienone is 8. The molecule has 8 heteroatoms. The lowest BCUT2D eigenvalue weighted by Gasteiger charge is -2.34. The zero-order valence-corrected chi connectivity index (χ0v) is 43.2. The minimum absolute atomic E-state index is 0.0385. The van der Waals surface area contributed by atoms with Crippen LogP contribution in [0.3, 0.4) is 0 Å². The fraction of sp³-hybridized carbons (Fsp3) is 0.807. The Morgan fingerprint density at radius 3 is 1.29 bits per heavy atom. The van der Waals surface area contributed by atoms with E-state index in [1.165, 1.54) is 154 Å². The standard InChI is InChI=1S/C57H103NO7/c1-6-8-10-12-14-16-18-20-22-24-26-28-30-31-33-35-37-39-41-43-45-47-55(59)64-52-53(51-63-50-49-54(57(61)62)58(3,4)5)65-56(60)48-46-44-42-40-38-36-34-32-29-27-25-23-21-19-17-15-13-11-9-7-2/h9,11,15,17,21,23,28,30,53-54H,6-8,10,12-14,16,18-20,22,24-27,29,31-52H2,1-5H3/b11-9+,17-15+,23-21+,30-28+. The highest BCUT2D eigenvalue weighted by Gasteiger charge is 2.25. The molecule has 0 bridgehead atoms. The molecule has 0 N–H and O–H groups in total. The SMILES string of the molecule is CC/C=C/C/C=C/C/C=C/CCCCCCCCCCCCC(=O)OC(COCCC(C(=O)[O-])[N+](C)(C)C)COC(=O)CCCCCCCCC/C=C/CCCCCCCCCCCC. The van der Waals surface area contributed by atoms with Crippen LogP contribution < -0.4 is 5.11 Å². The van der Waals surface area contributed by atoms with Crippen LogP contribution >= 0.6 is 0 Å². The maximum absolute atomic E-state index is 12.8. The Bertz CT molecular complexity index is 1200. The summed E-state index contributed by atoms with van der Waals surface area (Å²) in [5.74, 6) is -1.74. The molecule has 0 aliphatic carbocycles. The number of quaternary nitrogens is 1. The Morgan fingerprint density at radius 1 is 0.477 bits per heavy atom. The lowest BCUT2D eigenvalue weighted by molar-refractivity contribution is -0.889. The van der Waals surface area contributed by atoms with E-state index in [1.807, 2.05) is 0 Å². The zero-order valence-electron chi connectivity index (χ0n) is 43.2. The monoisotopic (exact) mass is 914 g/mol. The van der Waals surface area contributed by atoms with Crippen LogP contribution in [0.25, 0.3) is 0 Å². The summed E-state index contributed by atoms with van der Waals surface area (Å²) in [7, 11) is 5.42. The van der Waals surface area contributed by atoms with E-state index < -0.39 is 18.1 Å². The van der Waals surface area contributed by atoms with Crippen molar-refractivity contribution in [3.63, 3.8) is 0 Å². The third-order valence-electron chi connectivity index (χ3n) is 12.2. The summed E-state index contributed by atoms with van der Waals surface area (Å²) < 4.78 is 17.3. The number of ether oxygens (including phenoxy) is 3. The van der Waals surface area contributed by atoms with Crippen molar-refractivity contribution in [1.29, 1.82) is 0 Å². The molecule has 8 nitrogen and oxygen atoms in total. The van der Waals surface area contributed by atoms with Gasteiger partial charge in [-0.3, -0.25) is 9.59 Å². The molecule has 2 atom stereocenters. The van der Waals surface area contributed by atoms with Gasteiger partial charge in [0.05, 0.1) is 40.3 Å². The molecule has 0 aromatic heterocycles. The molecule has 0 saturated carbocycles. The maximum atomic E-state index is 12.8. The van der Waals surface area contributed by atoms with Crippen molar-refractivity contribution < 1.29 is 38.2 Å². The Balaban J connectivity index is 4.21. The molecule has 0 aromatic rings. The number of carboxylic acids is 1. The predicted molar refractivity (Wildman–Crippen MR) is 273 cm³/mol. The minimum atomic E-state index is -1.12. The van der Waals surface area contributed by atoms with Crippen molar-refractivity contribution >= 4 is 17.9 Å². The third-order valence-corrected chi connectivity index (χ3v) is 12.2. The van der Waals surface area contributed by atoms with Crippen molar-refractivity contribution in [3.05, 3.63) is 48.6 Å². The second kappa shape index (κ2) is 47.8. The van der Waals surface area contributed by atoms with Gasteiger partial charge in [-0.05, 0) is 70.6 Å². The Morgan fingerprint density at radius 2 is 0.862 bits per heavy atom. The third kappa shape index (κ3) is 46.2. The van der Waals surface area contributed by atoms with Crippen molar-refractivity contribution in [2.45, 2.75) is 257 Å². The quantitative estimate of drug-likeness (QED) is 0.0259. The van der Waals surface area contributed by atoms with Crippen molar-refractivity contribution in [2.75, 3.05) is 41.0 Å². The number of carbonyl (C=O) groups is 3. The van der Waals surface area contributed by atoms with E-state index in [4.69, 9.17) is 14.2 Å². The van der Waals surface area contributed by atoms with Crippen LogP contribution in [0.15, 0.2) is 48.6 Å². The van der Waals surface area contributed by atoms with E-state index in [0.717, 1.165) is 57.8 Å². The molecule has 0 heterocycles. The topological polar surface area (TPSA) is 102 Å². The van der Waals surface area contributed by atoms with E-state index in [1.54, 1.807) is 21.1 Å². The first-order chi connectivity index (χ1) is 31.6. The van der Waals surface area contributed by atoms with Gasteiger partial charge in [-0.25, -0.2) is 0 Å². The first-order valence-corrected chi connectivity index (χ1v) is 27.2. The second-order valence-corrected chi connectivity index (χ2v) is 19.4. The van der Waals surface area contributed by atoms with E-state index >= 15 is 0 Å². The lowest BCUT2D eigenvalue weighted by atomic mass is 10.0. The molecule has 0 saturated heterocycles. The fourth-order valence-electron chi connectivity index (χ4n) is 8.02. The van der Waals surface area contributed by atoms with E-state index in [-0.39, 0.29) is 42.7 Å². The van der Waals surface area contributed by atoms with Crippen LogP contribution in [-0.4, -0.2) is 75.5 Å². The average Bonchev–Trinajstić information content (AvgIpc) is 3.27. The van der Waals surface area contributed by atoms with Gasteiger partial charge in [0.2, 0.25) is 0 Å². The number of carboxylic acid groups (broad SMARTS) is 1. The number of rotatable bonds is 49. The van der Waals surface area contributed by atoms with Gasteiger partial charge >= 0.3 is 11.9 Å². The largest absolute Gasteiger partial charge is 0.544 e. The number of hydrogen-bond acceptors (Lipinski definition) is 7. The highest BCUT2D eigenvalue weighted by Crippen LogP contribution is 2.16. The van der Waals surface area contributed by atoms with Crippen molar-refractivity contribution in [2.24, 2.45) is 0 Å². The summed E-state index contributed by atoms with van der Waals surface area (Å²) in [6.07, 6.45) is 58.6. The number of carbonyl (C=O) groups excluding carboxylic acids is 3. The smallest absolute Gasteiger partial charge is 0.306 e. The van der Waals surface area contributed by atoms with Gasteiger partial charge < -0.3 is 28.6 Å². The molecule has 65 heavy (non-hydrogen) atoms. The molecule has 0 rings (SSSR count). The average molecular weight is 914 g/mol. The van der Waals surface area contributed by atoms with E-state index in [2.05, 4.69) is 62.5 Å². The zero-order chi connectivity index (χ0) is 47.7. The Kier molecular flexibility index (Phi) is 45.8. The number of hydrogen-bond donors (Lipinski definition) is 0. The molecule has 0 aliphatic rings. The Hall–Kier alpha value is -2.71. The molecule has 0 aromatic carbocycles. The summed E-state index contributed by atoms with van der Waals surface area (Å²) in [5.41, 5.74) is 0. The molecule has 0 amide bonds. The minimum Gasteiger partial charge on any atom is -0.544 e. The summed E-state index contributed by atoms with van der Waals surface area (Å²) in [6, 6.07) is -0.728. The van der Waals surface area contributed by atoms with Gasteiger partial charge in [-0.15, -0.1) is 0 Å². The molecule has 0 radical (unpaired) electrons. The van der Waals surface area contributed by atoms with Gasteiger partial charge in [-0.2, -0.15) is 0 Å². The van der Waals surface area contributed by atoms with Gasteiger partial charge in [-0.1, -0.05) is 204 Å². The molecule has 378 valence electrons. The van der Waals surface area contributed by atoms with Crippen LogP contribution in [-0.2, 0) is 28.6 Å². The Labute approximate surface area is 401 Å². The lowest BCUT2D eigenvalue weighted by Crippen LogP contribution is -2.55.